The van der Waals surface area contributed by atoms with Crippen molar-refractivity contribution in [1.82, 2.24) is 0 Å². The number of ketones is 2. The van der Waals surface area contributed by atoms with Gasteiger partial charge in [-0.1, -0.05) is 6.92 Å². The molecule has 0 aromatic rings. The fraction of sp³-hybridized carbons (Fsp3) is 0.714. The first-order valence-corrected chi connectivity index (χ1v) is 10.4. The molecule has 0 aliphatic heterocycles. The zero-order valence-corrected chi connectivity index (χ0v) is 18.3. The second-order valence-electron chi connectivity index (χ2n) is 7.53. The molecule has 0 radical (unpaired) electrons. The van der Waals surface area contributed by atoms with E-state index in [0.717, 1.165) is 0 Å². The summed E-state index contributed by atoms with van der Waals surface area (Å²) < 4.78 is 20.1. The molecule has 2 aliphatic carbocycles. The Balaban J connectivity index is 2.74. The number of carbonyl (C=O) groups excluding carboxylic acids is 6. The van der Waals surface area contributed by atoms with Crippen LogP contribution in [-0.2, 0) is 47.7 Å². The highest BCUT2D eigenvalue weighted by Crippen LogP contribution is 2.62. The number of hydrogen-bond donors (Lipinski definition) is 0. The van der Waals surface area contributed by atoms with Gasteiger partial charge in [-0.3, -0.25) is 28.8 Å². The lowest BCUT2D eigenvalue weighted by Crippen LogP contribution is -2.44. The average molecular weight is 440 g/mol. The zero-order chi connectivity index (χ0) is 23.5. The highest BCUT2D eigenvalue weighted by atomic mass is 16.5. The molecular weight excluding hydrogens is 412 g/mol. The number of Topliss-reactive ketones (excluding diaryl/α,β-unsaturated/α-hetero) is 2. The van der Waals surface area contributed by atoms with Crippen LogP contribution in [0, 0.1) is 35.0 Å². The third-order valence-electron chi connectivity index (χ3n) is 5.99. The Morgan fingerprint density at radius 2 is 0.935 bits per heavy atom. The van der Waals surface area contributed by atoms with Crippen LogP contribution < -0.4 is 0 Å². The Morgan fingerprint density at radius 3 is 1.23 bits per heavy atom. The van der Waals surface area contributed by atoms with E-state index in [0.29, 0.717) is 0 Å². The summed E-state index contributed by atoms with van der Waals surface area (Å²) in [5.74, 6) is -13.3. The predicted molar refractivity (Wildman–Crippen MR) is 102 cm³/mol. The van der Waals surface area contributed by atoms with E-state index in [1.807, 2.05) is 0 Å². The summed E-state index contributed by atoms with van der Waals surface area (Å²) >= 11 is 0. The minimum absolute atomic E-state index is 0.0601. The largest absolute Gasteiger partial charge is 0.465 e. The standard InChI is InChI=1S/C21H28O10/c1-6-28-17(24)10-12-11(18(25)29-7-2)16(23)14(20(27)31-9-4)21(12,5)13(15(10)22)19(26)30-8-3/h10-14H,6-9H2,1-5H3/t10-,11+,12?,13+,14-,21?. The molecular formula is C21H28O10. The summed E-state index contributed by atoms with van der Waals surface area (Å²) in [5, 5.41) is 0. The summed E-state index contributed by atoms with van der Waals surface area (Å²) in [6.45, 7) is 7.25. The van der Waals surface area contributed by atoms with E-state index >= 15 is 0 Å². The van der Waals surface area contributed by atoms with Crippen LogP contribution in [0.15, 0.2) is 0 Å². The maximum absolute atomic E-state index is 13.3. The third-order valence-corrected chi connectivity index (χ3v) is 5.99. The second kappa shape index (κ2) is 9.57. The lowest BCUT2D eigenvalue weighted by atomic mass is 9.68. The van der Waals surface area contributed by atoms with Crippen molar-refractivity contribution in [2.45, 2.75) is 34.6 Å². The number of carbonyl (C=O) groups is 6. The highest BCUT2D eigenvalue weighted by Gasteiger charge is 2.77. The maximum atomic E-state index is 13.3. The summed E-state index contributed by atoms with van der Waals surface area (Å²) in [4.78, 5) is 77.6. The molecule has 2 unspecified atom stereocenters. The SMILES string of the molecule is CCOC(=O)[C@@H]1C(=O)[C@H](C(=O)OCC)C2(C)C1[C@@H](C(=O)OCC)C(=O)[C@H]2C(=O)OCC. The molecule has 172 valence electrons. The van der Waals surface area contributed by atoms with Crippen molar-refractivity contribution in [3.63, 3.8) is 0 Å². The van der Waals surface area contributed by atoms with Gasteiger partial charge in [0.25, 0.3) is 0 Å². The predicted octanol–water partition coefficient (Wildman–Crippen LogP) is 0.492. The number of hydrogen-bond acceptors (Lipinski definition) is 10. The molecule has 0 heterocycles. The molecule has 2 fully saturated rings. The van der Waals surface area contributed by atoms with Crippen molar-refractivity contribution in [2.75, 3.05) is 26.4 Å². The van der Waals surface area contributed by atoms with Crippen molar-refractivity contribution in [1.29, 1.82) is 0 Å². The van der Waals surface area contributed by atoms with Gasteiger partial charge in [-0.15, -0.1) is 0 Å². The van der Waals surface area contributed by atoms with Gasteiger partial charge in [-0.2, -0.15) is 0 Å². The minimum atomic E-state index is -1.72. The number of rotatable bonds is 8. The van der Waals surface area contributed by atoms with Crippen molar-refractivity contribution in [3.8, 4) is 0 Å². The van der Waals surface area contributed by atoms with Gasteiger partial charge in [-0.05, 0) is 27.7 Å². The lowest BCUT2D eigenvalue weighted by Gasteiger charge is -2.33. The van der Waals surface area contributed by atoms with Crippen molar-refractivity contribution >= 4 is 35.4 Å². The molecule has 2 rings (SSSR count). The van der Waals surface area contributed by atoms with Crippen LogP contribution >= 0.6 is 0 Å². The van der Waals surface area contributed by atoms with Crippen molar-refractivity contribution < 1.29 is 47.7 Å². The van der Waals surface area contributed by atoms with Crippen LogP contribution in [0.25, 0.3) is 0 Å². The highest BCUT2D eigenvalue weighted by molar-refractivity contribution is 6.19. The molecule has 10 nitrogen and oxygen atoms in total. The number of ether oxygens (including phenoxy) is 4. The molecule has 0 spiro atoms. The molecule has 2 aliphatic rings. The molecule has 10 heteroatoms. The van der Waals surface area contributed by atoms with Gasteiger partial charge in [0.15, 0.2) is 11.6 Å². The zero-order valence-electron chi connectivity index (χ0n) is 18.3. The van der Waals surface area contributed by atoms with Crippen LogP contribution in [0.5, 0.6) is 0 Å². The van der Waals surface area contributed by atoms with E-state index in [1.54, 1.807) is 0 Å². The van der Waals surface area contributed by atoms with Crippen LogP contribution in [0.4, 0.5) is 0 Å². The Kier molecular flexibility index (Phi) is 7.56. The molecule has 6 atom stereocenters. The maximum Gasteiger partial charge on any atom is 0.317 e. The first kappa shape index (κ1) is 24.5. The van der Waals surface area contributed by atoms with Gasteiger partial charge in [0.05, 0.1) is 26.4 Å². The molecule has 0 aromatic carbocycles. The Bertz CT molecular complexity index is 725. The van der Waals surface area contributed by atoms with Crippen molar-refractivity contribution in [2.24, 2.45) is 35.0 Å². The molecule has 2 saturated carbocycles. The van der Waals surface area contributed by atoms with Gasteiger partial charge in [0.2, 0.25) is 0 Å². The van der Waals surface area contributed by atoms with Gasteiger partial charge in [0.1, 0.15) is 23.7 Å². The fourth-order valence-corrected chi connectivity index (χ4v) is 4.97. The van der Waals surface area contributed by atoms with Crippen LogP contribution in [0.2, 0.25) is 0 Å². The third kappa shape index (κ3) is 3.83. The van der Waals surface area contributed by atoms with Crippen LogP contribution in [-0.4, -0.2) is 61.9 Å². The van der Waals surface area contributed by atoms with E-state index in [2.05, 4.69) is 0 Å². The number of esters is 4. The van der Waals surface area contributed by atoms with E-state index in [1.165, 1.54) is 34.6 Å². The van der Waals surface area contributed by atoms with Gasteiger partial charge in [-0.25, -0.2) is 0 Å². The fourth-order valence-electron chi connectivity index (χ4n) is 4.97. The minimum Gasteiger partial charge on any atom is -0.465 e. The van der Waals surface area contributed by atoms with Gasteiger partial charge < -0.3 is 18.9 Å². The van der Waals surface area contributed by atoms with Crippen LogP contribution in [0.1, 0.15) is 34.6 Å². The average Bonchev–Trinajstić information content (AvgIpc) is 3.03. The summed E-state index contributed by atoms with van der Waals surface area (Å²) in [6.07, 6.45) is 0. The summed E-state index contributed by atoms with van der Waals surface area (Å²) in [6, 6.07) is 0. The molecule has 0 aromatic heterocycles. The quantitative estimate of drug-likeness (QED) is 0.298. The number of fused-ring (bicyclic) bond motifs is 1. The summed E-state index contributed by atoms with van der Waals surface area (Å²) in [5.41, 5.74) is -1.72. The molecule has 0 N–H and O–H groups in total. The molecule has 0 saturated heterocycles. The van der Waals surface area contributed by atoms with E-state index in [9.17, 15) is 28.8 Å². The lowest BCUT2D eigenvalue weighted by molar-refractivity contribution is -0.162. The monoisotopic (exact) mass is 440 g/mol. The van der Waals surface area contributed by atoms with Gasteiger partial charge >= 0.3 is 23.9 Å². The van der Waals surface area contributed by atoms with E-state index < -0.39 is 70.4 Å². The molecule has 31 heavy (non-hydrogen) atoms. The Labute approximate surface area is 179 Å². The topological polar surface area (TPSA) is 139 Å². The Hall–Kier alpha value is -2.78. The Morgan fingerprint density at radius 1 is 0.645 bits per heavy atom. The smallest absolute Gasteiger partial charge is 0.317 e. The first-order valence-electron chi connectivity index (χ1n) is 10.4. The van der Waals surface area contributed by atoms with Crippen LogP contribution in [0.3, 0.4) is 0 Å². The second-order valence-corrected chi connectivity index (χ2v) is 7.53. The molecule has 0 amide bonds. The van der Waals surface area contributed by atoms with E-state index in [4.69, 9.17) is 18.9 Å². The normalized spacial score (nSPS) is 31.7. The molecule has 0 bridgehead atoms. The summed E-state index contributed by atoms with van der Waals surface area (Å²) in [7, 11) is 0. The first-order chi connectivity index (χ1) is 14.6. The van der Waals surface area contributed by atoms with E-state index in [-0.39, 0.29) is 26.4 Å². The van der Waals surface area contributed by atoms with Gasteiger partial charge in [0, 0.05) is 11.3 Å². The van der Waals surface area contributed by atoms with Crippen molar-refractivity contribution in [3.05, 3.63) is 0 Å².